The first-order valence-corrected chi connectivity index (χ1v) is 12.3. The van der Waals surface area contributed by atoms with E-state index in [4.69, 9.17) is 4.74 Å². The minimum atomic E-state index is -0.769. The van der Waals surface area contributed by atoms with E-state index in [-0.39, 0.29) is 30.9 Å². The number of nitrogens with zero attached hydrogens (tertiary/aromatic N) is 3. The van der Waals surface area contributed by atoms with E-state index in [9.17, 15) is 14.4 Å². The smallest absolute Gasteiger partial charge is 0.255 e. The van der Waals surface area contributed by atoms with Crippen molar-refractivity contribution in [2.45, 2.75) is 37.7 Å². The van der Waals surface area contributed by atoms with Gasteiger partial charge in [-0.05, 0) is 51.6 Å². The monoisotopic (exact) mass is 494 g/mol. The first-order chi connectivity index (χ1) is 17.3. The number of nitrogens with one attached hydrogen (secondary N) is 3. The van der Waals surface area contributed by atoms with Crippen LogP contribution in [0.5, 0.6) is 0 Å². The fourth-order valence-electron chi connectivity index (χ4n) is 3.98. The van der Waals surface area contributed by atoms with Crippen LogP contribution in [0.2, 0.25) is 0 Å². The van der Waals surface area contributed by atoms with Gasteiger partial charge in [0.05, 0.1) is 19.1 Å². The van der Waals surface area contributed by atoms with Gasteiger partial charge in [-0.1, -0.05) is 18.2 Å². The molecule has 0 bridgehead atoms. The highest BCUT2D eigenvalue weighted by molar-refractivity contribution is 5.97. The maximum Gasteiger partial charge on any atom is 0.255 e. The lowest BCUT2D eigenvalue weighted by molar-refractivity contribution is -0.141. The molecule has 1 saturated heterocycles. The molecule has 2 atom stereocenters. The standard InChI is InChI=1S/C26H34N6O4/c1-17(25(34)28-23-15-21(29-30-23)18-9-10-18)19-6-4-7-20(14-19)27-26(35)22-16-32(12-13-36-22)24(33)8-5-11-31(2)3/h4-8,14-15,17-18,22H,9-13,16H2,1-3H3,(H,27,35)(H2,28,29,30,34)/b8-5+. The number of hydrogen-bond acceptors (Lipinski definition) is 6. The maximum atomic E-state index is 12.9. The van der Waals surface area contributed by atoms with Gasteiger partial charge in [-0.3, -0.25) is 19.5 Å². The van der Waals surface area contributed by atoms with Gasteiger partial charge in [-0.25, -0.2) is 0 Å². The van der Waals surface area contributed by atoms with Crippen LogP contribution in [0.3, 0.4) is 0 Å². The molecule has 0 spiro atoms. The first kappa shape index (κ1) is 25.6. The molecule has 0 radical (unpaired) electrons. The average molecular weight is 495 g/mol. The second kappa shape index (κ2) is 11.5. The molecule has 2 aromatic rings. The molecule has 3 N–H and O–H groups in total. The molecule has 1 aromatic heterocycles. The Morgan fingerprint density at radius 3 is 2.81 bits per heavy atom. The van der Waals surface area contributed by atoms with Gasteiger partial charge in [-0.15, -0.1) is 0 Å². The average Bonchev–Trinajstić information content (AvgIpc) is 3.62. The lowest BCUT2D eigenvalue weighted by Gasteiger charge is -2.31. The number of ether oxygens (including phenoxy) is 1. The van der Waals surface area contributed by atoms with E-state index < -0.39 is 12.0 Å². The topological polar surface area (TPSA) is 120 Å². The normalized spacial score (nSPS) is 18.9. The van der Waals surface area contributed by atoms with Gasteiger partial charge in [0.1, 0.15) is 0 Å². The number of hydrogen-bond donors (Lipinski definition) is 3. The van der Waals surface area contributed by atoms with Gasteiger partial charge in [0.15, 0.2) is 11.9 Å². The Bertz CT molecular complexity index is 1120. The number of aromatic nitrogens is 2. The molecule has 2 heterocycles. The zero-order valence-corrected chi connectivity index (χ0v) is 21.0. The number of morpholine rings is 1. The summed E-state index contributed by atoms with van der Waals surface area (Å²) in [6.07, 6.45) is 4.87. The maximum absolute atomic E-state index is 12.9. The van der Waals surface area contributed by atoms with Gasteiger partial charge >= 0.3 is 0 Å². The van der Waals surface area contributed by atoms with Crippen LogP contribution in [0.1, 0.15) is 42.9 Å². The Morgan fingerprint density at radius 1 is 1.25 bits per heavy atom. The fraction of sp³-hybridized carbons (Fsp3) is 0.462. The highest BCUT2D eigenvalue weighted by atomic mass is 16.5. The number of H-pyrrole nitrogens is 1. The molecule has 10 nitrogen and oxygen atoms in total. The summed E-state index contributed by atoms with van der Waals surface area (Å²) in [5.41, 5.74) is 2.37. The second-order valence-electron chi connectivity index (χ2n) is 9.62. The SMILES string of the molecule is CC(C(=O)Nc1cc(C2CC2)[nH]n1)c1cccc(NC(=O)C2CN(C(=O)/C=C/CN(C)C)CCO2)c1. The van der Waals surface area contributed by atoms with E-state index in [2.05, 4.69) is 20.8 Å². The number of carbonyl (C=O) groups is 3. The van der Waals surface area contributed by atoms with Crippen molar-refractivity contribution in [3.8, 4) is 0 Å². The van der Waals surface area contributed by atoms with Crippen molar-refractivity contribution in [2.24, 2.45) is 0 Å². The molecule has 2 aliphatic rings. The summed E-state index contributed by atoms with van der Waals surface area (Å²) in [6.45, 7) is 3.38. The largest absolute Gasteiger partial charge is 0.365 e. The number of aromatic amines is 1. The Morgan fingerprint density at radius 2 is 2.06 bits per heavy atom. The van der Waals surface area contributed by atoms with Crippen LogP contribution in [0.25, 0.3) is 0 Å². The predicted octanol–water partition coefficient (Wildman–Crippen LogP) is 2.31. The molecular formula is C26H34N6O4. The van der Waals surface area contributed by atoms with Crippen molar-refractivity contribution in [1.29, 1.82) is 0 Å². The lowest BCUT2D eigenvalue weighted by Crippen LogP contribution is -2.49. The Labute approximate surface area is 211 Å². The number of likely N-dealkylation sites (N-methyl/N-ethyl adjacent to an activating group) is 1. The van der Waals surface area contributed by atoms with E-state index >= 15 is 0 Å². The van der Waals surface area contributed by atoms with Crippen molar-refractivity contribution < 1.29 is 19.1 Å². The van der Waals surface area contributed by atoms with E-state index in [0.717, 1.165) is 24.1 Å². The summed E-state index contributed by atoms with van der Waals surface area (Å²) in [7, 11) is 3.85. The van der Waals surface area contributed by atoms with Crippen LogP contribution in [-0.2, 0) is 19.1 Å². The number of benzene rings is 1. The van der Waals surface area contributed by atoms with E-state index in [1.165, 1.54) is 6.08 Å². The summed E-state index contributed by atoms with van der Waals surface area (Å²) in [6, 6.07) is 9.06. The Kier molecular flexibility index (Phi) is 8.17. The Hall–Kier alpha value is -3.50. The fourth-order valence-corrected chi connectivity index (χ4v) is 3.98. The van der Waals surface area contributed by atoms with Gasteiger partial charge in [0.2, 0.25) is 11.8 Å². The van der Waals surface area contributed by atoms with Crippen LogP contribution in [0.15, 0.2) is 42.5 Å². The molecule has 4 rings (SSSR count). The third-order valence-electron chi connectivity index (χ3n) is 6.32. The molecule has 1 aromatic carbocycles. The van der Waals surface area contributed by atoms with Crippen molar-refractivity contribution in [2.75, 3.05) is 51.0 Å². The summed E-state index contributed by atoms with van der Waals surface area (Å²) >= 11 is 0. The van der Waals surface area contributed by atoms with Crippen LogP contribution in [0, 0.1) is 0 Å². The van der Waals surface area contributed by atoms with E-state index in [0.29, 0.717) is 30.5 Å². The van der Waals surface area contributed by atoms with Crippen LogP contribution in [0.4, 0.5) is 11.5 Å². The van der Waals surface area contributed by atoms with Crippen molar-refractivity contribution in [3.63, 3.8) is 0 Å². The van der Waals surface area contributed by atoms with Gasteiger partial charge < -0.3 is 25.2 Å². The molecule has 10 heteroatoms. The number of anilines is 2. The molecule has 1 aliphatic heterocycles. The summed E-state index contributed by atoms with van der Waals surface area (Å²) in [4.78, 5) is 41.7. The van der Waals surface area contributed by atoms with Crippen LogP contribution >= 0.6 is 0 Å². The van der Waals surface area contributed by atoms with Crippen molar-refractivity contribution >= 4 is 29.2 Å². The summed E-state index contributed by atoms with van der Waals surface area (Å²) in [5.74, 6) is -0.0542. The number of carbonyl (C=O) groups excluding carboxylic acids is 3. The van der Waals surface area contributed by atoms with Crippen molar-refractivity contribution in [1.82, 2.24) is 20.0 Å². The van der Waals surface area contributed by atoms with Gasteiger partial charge in [-0.2, -0.15) is 5.10 Å². The zero-order valence-electron chi connectivity index (χ0n) is 21.0. The summed E-state index contributed by atoms with van der Waals surface area (Å²) < 4.78 is 5.63. The molecule has 36 heavy (non-hydrogen) atoms. The number of rotatable bonds is 9. The van der Waals surface area contributed by atoms with Crippen LogP contribution in [-0.4, -0.2) is 84.2 Å². The third-order valence-corrected chi connectivity index (χ3v) is 6.32. The quantitative estimate of drug-likeness (QED) is 0.460. The van der Waals surface area contributed by atoms with Gasteiger partial charge in [0, 0.05) is 42.5 Å². The van der Waals surface area contributed by atoms with Gasteiger partial charge in [0.25, 0.3) is 5.91 Å². The molecule has 1 aliphatic carbocycles. The second-order valence-corrected chi connectivity index (χ2v) is 9.62. The third kappa shape index (κ3) is 6.79. The highest BCUT2D eigenvalue weighted by Gasteiger charge is 2.29. The van der Waals surface area contributed by atoms with E-state index in [1.54, 1.807) is 29.2 Å². The zero-order chi connectivity index (χ0) is 25.7. The summed E-state index contributed by atoms with van der Waals surface area (Å²) in [5, 5.41) is 12.9. The predicted molar refractivity (Wildman–Crippen MR) is 137 cm³/mol. The molecule has 3 amide bonds. The molecule has 1 saturated carbocycles. The minimum Gasteiger partial charge on any atom is -0.365 e. The van der Waals surface area contributed by atoms with E-state index in [1.807, 2.05) is 38.1 Å². The lowest BCUT2D eigenvalue weighted by atomic mass is 9.99. The van der Waals surface area contributed by atoms with Crippen molar-refractivity contribution in [3.05, 3.63) is 53.7 Å². The molecule has 2 fully saturated rings. The minimum absolute atomic E-state index is 0.138. The first-order valence-electron chi connectivity index (χ1n) is 12.3. The molecule has 2 unspecified atom stereocenters. The highest BCUT2D eigenvalue weighted by Crippen LogP contribution is 2.39. The molecular weight excluding hydrogens is 460 g/mol. The Balaban J connectivity index is 1.32. The van der Waals surface area contributed by atoms with Crippen LogP contribution < -0.4 is 10.6 Å². The molecule has 192 valence electrons. The number of amides is 3.